The topological polar surface area (TPSA) is 80.3 Å². The molecule has 9 heteroatoms. The quantitative estimate of drug-likeness (QED) is 0.408. The highest BCUT2D eigenvalue weighted by atomic mass is 32.1. The molecule has 0 aliphatic rings. The molecule has 0 unspecified atom stereocenters. The van der Waals surface area contributed by atoms with Gasteiger partial charge in [-0.1, -0.05) is 6.07 Å². The van der Waals surface area contributed by atoms with Crippen molar-refractivity contribution in [1.82, 2.24) is 15.1 Å². The summed E-state index contributed by atoms with van der Waals surface area (Å²) in [7, 11) is 4.84. The fraction of sp³-hybridized carbons (Fsp3) is 0.520. The Hall–Kier alpha value is -2.78. The molecule has 0 fully saturated rings. The van der Waals surface area contributed by atoms with Crippen LogP contribution in [0.1, 0.15) is 28.7 Å². The second-order valence-corrected chi connectivity index (χ2v) is 9.24. The molecular weight excluding hydrogens is 454 g/mol. The number of nitrogens with zero attached hydrogens (tertiary/aromatic N) is 2. The first kappa shape index (κ1) is 27.5. The van der Waals surface area contributed by atoms with Crippen molar-refractivity contribution in [3.05, 3.63) is 45.6 Å². The SMILES string of the molecule is CCNC(=O)N(CCCOC)CC(=O)N(CCc1ccc(OC)c(OC)c1)Cc1ccc(C)s1. The van der Waals surface area contributed by atoms with Crippen LogP contribution in [0.2, 0.25) is 0 Å². The monoisotopic (exact) mass is 491 g/mol. The average Bonchev–Trinajstić information content (AvgIpc) is 3.25. The molecule has 1 heterocycles. The second-order valence-electron chi connectivity index (χ2n) is 7.87. The zero-order valence-corrected chi connectivity index (χ0v) is 21.7. The van der Waals surface area contributed by atoms with Gasteiger partial charge in [-0.3, -0.25) is 4.79 Å². The van der Waals surface area contributed by atoms with Gasteiger partial charge in [0.2, 0.25) is 5.91 Å². The maximum Gasteiger partial charge on any atom is 0.317 e. The minimum Gasteiger partial charge on any atom is -0.493 e. The molecule has 0 radical (unpaired) electrons. The van der Waals surface area contributed by atoms with Gasteiger partial charge in [0.05, 0.1) is 20.8 Å². The molecule has 34 heavy (non-hydrogen) atoms. The number of hydrogen-bond donors (Lipinski definition) is 1. The minimum atomic E-state index is -0.237. The van der Waals surface area contributed by atoms with Gasteiger partial charge in [0.1, 0.15) is 6.54 Å². The average molecular weight is 492 g/mol. The number of aryl methyl sites for hydroxylation is 1. The van der Waals surface area contributed by atoms with E-state index < -0.39 is 0 Å². The van der Waals surface area contributed by atoms with E-state index in [9.17, 15) is 9.59 Å². The lowest BCUT2D eigenvalue weighted by molar-refractivity contribution is -0.132. The molecular formula is C25H37N3O5S. The number of benzene rings is 1. The van der Waals surface area contributed by atoms with E-state index in [1.807, 2.05) is 30.0 Å². The van der Waals surface area contributed by atoms with Crippen LogP contribution >= 0.6 is 11.3 Å². The Labute approximate surface area is 206 Å². The lowest BCUT2D eigenvalue weighted by Gasteiger charge is -2.27. The Balaban J connectivity index is 2.15. The molecule has 2 aromatic rings. The molecule has 188 valence electrons. The van der Waals surface area contributed by atoms with Crippen LogP contribution in [-0.2, 0) is 22.5 Å². The van der Waals surface area contributed by atoms with Crippen molar-refractivity contribution < 1.29 is 23.8 Å². The van der Waals surface area contributed by atoms with Crippen molar-refractivity contribution in [3.63, 3.8) is 0 Å². The van der Waals surface area contributed by atoms with Crippen LogP contribution in [0.15, 0.2) is 30.3 Å². The van der Waals surface area contributed by atoms with Crippen LogP contribution < -0.4 is 14.8 Å². The molecule has 0 spiro atoms. The van der Waals surface area contributed by atoms with Gasteiger partial charge in [0.15, 0.2) is 11.5 Å². The van der Waals surface area contributed by atoms with Crippen molar-refractivity contribution in [3.8, 4) is 11.5 Å². The summed E-state index contributed by atoms with van der Waals surface area (Å²) in [5.41, 5.74) is 1.04. The van der Waals surface area contributed by atoms with E-state index in [2.05, 4.69) is 24.4 Å². The van der Waals surface area contributed by atoms with E-state index in [0.29, 0.717) is 57.1 Å². The summed E-state index contributed by atoms with van der Waals surface area (Å²) in [6, 6.07) is 9.65. The summed E-state index contributed by atoms with van der Waals surface area (Å²) in [6.07, 6.45) is 1.32. The summed E-state index contributed by atoms with van der Waals surface area (Å²) in [5.74, 6) is 1.24. The third-order valence-electron chi connectivity index (χ3n) is 5.33. The van der Waals surface area contributed by atoms with E-state index in [4.69, 9.17) is 14.2 Å². The number of methoxy groups -OCH3 is 3. The number of amides is 3. The number of hydrogen-bond acceptors (Lipinski definition) is 6. The van der Waals surface area contributed by atoms with Gasteiger partial charge >= 0.3 is 6.03 Å². The van der Waals surface area contributed by atoms with Crippen LogP contribution in [0.25, 0.3) is 0 Å². The van der Waals surface area contributed by atoms with Gasteiger partial charge in [-0.25, -0.2) is 4.79 Å². The number of ether oxygens (including phenoxy) is 3. The molecule has 8 nitrogen and oxygen atoms in total. The summed E-state index contributed by atoms with van der Waals surface area (Å²) in [5, 5.41) is 2.80. The maximum absolute atomic E-state index is 13.4. The van der Waals surface area contributed by atoms with E-state index >= 15 is 0 Å². The third-order valence-corrected chi connectivity index (χ3v) is 6.32. The Morgan fingerprint density at radius 1 is 1.00 bits per heavy atom. The van der Waals surface area contributed by atoms with Crippen LogP contribution in [0.3, 0.4) is 0 Å². The van der Waals surface area contributed by atoms with Crippen LogP contribution in [0.5, 0.6) is 11.5 Å². The first-order chi connectivity index (χ1) is 16.4. The third kappa shape index (κ3) is 8.53. The first-order valence-corrected chi connectivity index (χ1v) is 12.3. The van der Waals surface area contributed by atoms with Crippen molar-refractivity contribution in [2.24, 2.45) is 0 Å². The Morgan fingerprint density at radius 2 is 1.76 bits per heavy atom. The Bertz CT molecular complexity index is 918. The van der Waals surface area contributed by atoms with E-state index in [0.717, 1.165) is 10.4 Å². The van der Waals surface area contributed by atoms with Crippen molar-refractivity contribution in [2.75, 3.05) is 54.1 Å². The second kappa shape index (κ2) is 14.5. The fourth-order valence-corrected chi connectivity index (χ4v) is 4.43. The predicted molar refractivity (Wildman–Crippen MR) is 135 cm³/mol. The molecule has 0 bridgehead atoms. The summed E-state index contributed by atoms with van der Waals surface area (Å²) >= 11 is 1.68. The normalized spacial score (nSPS) is 10.6. The molecule has 0 aliphatic carbocycles. The van der Waals surface area contributed by atoms with Crippen LogP contribution in [0, 0.1) is 6.92 Å². The molecule has 0 saturated heterocycles. The Morgan fingerprint density at radius 3 is 2.38 bits per heavy atom. The zero-order chi connectivity index (χ0) is 24.9. The minimum absolute atomic E-state index is 0.0197. The zero-order valence-electron chi connectivity index (χ0n) is 20.9. The molecule has 1 aromatic carbocycles. The summed E-state index contributed by atoms with van der Waals surface area (Å²) in [4.78, 5) is 31.6. The van der Waals surface area contributed by atoms with Gasteiger partial charge in [-0.2, -0.15) is 0 Å². The van der Waals surface area contributed by atoms with E-state index in [1.54, 1.807) is 37.6 Å². The lowest BCUT2D eigenvalue weighted by Crippen LogP contribution is -2.47. The smallest absolute Gasteiger partial charge is 0.317 e. The standard InChI is InChI=1S/C25H37N3O5S/c1-6-26-25(30)28(13-7-15-31-3)18-24(29)27(17-21-10-8-19(2)34-21)14-12-20-9-11-22(32-4)23(16-20)33-5/h8-11,16H,6-7,12-15,17-18H2,1-5H3,(H,26,30). The van der Waals surface area contributed by atoms with Crippen LogP contribution in [-0.4, -0.2) is 75.9 Å². The molecule has 1 aromatic heterocycles. The maximum atomic E-state index is 13.4. The number of thiophene rings is 1. The number of carbonyl (C=O) groups excluding carboxylic acids is 2. The molecule has 1 N–H and O–H groups in total. The first-order valence-electron chi connectivity index (χ1n) is 11.5. The number of nitrogens with one attached hydrogen (secondary N) is 1. The highest BCUT2D eigenvalue weighted by Crippen LogP contribution is 2.28. The predicted octanol–water partition coefficient (Wildman–Crippen LogP) is 3.71. The number of carbonyl (C=O) groups is 2. The van der Waals surface area contributed by atoms with Crippen molar-refractivity contribution in [2.45, 2.75) is 33.2 Å². The van der Waals surface area contributed by atoms with Gasteiger partial charge in [-0.15, -0.1) is 11.3 Å². The molecule has 3 amide bonds. The molecule has 0 saturated carbocycles. The Kier molecular flexibility index (Phi) is 11.7. The van der Waals surface area contributed by atoms with Gasteiger partial charge < -0.3 is 29.3 Å². The lowest BCUT2D eigenvalue weighted by atomic mass is 10.1. The highest BCUT2D eigenvalue weighted by Gasteiger charge is 2.22. The fourth-order valence-electron chi connectivity index (χ4n) is 3.53. The van der Waals surface area contributed by atoms with Gasteiger partial charge in [0, 0.05) is 43.1 Å². The molecule has 0 atom stereocenters. The van der Waals surface area contributed by atoms with Gasteiger partial charge in [0.25, 0.3) is 0 Å². The number of rotatable bonds is 14. The van der Waals surface area contributed by atoms with E-state index in [1.165, 1.54) is 4.88 Å². The van der Waals surface area contributed by atoms with E-state index in [-0.39, 0.29) is 18.5 Å². The largest absolute Gasteiger partial charge is 0.493 e. The number of urea groups is 1. The molecule has 0 aliphatic heterocycles. The van der Waals surface area contributed by atoms with Crippen LogP contribution in [0.4, 0.5) is 4.79 Å². The molecule has 2 rings (SSSR count). The van der Waals surface area contributed by atoms with Crippen molar-refractivity contribution in [1.29, 1.82) is 0 Å². The summed E-state index contributed by atoms with van der Waals surface area (Å²) in [6.45, 7) is 6.45. The van der Waals surface area contributed by atoms with Crippen molar-refractivity contribution >= 4 is 23.3 Å². The van der Waals surface area contributed by atoms with Gasteiger partial charge in [-0.05, 0) is 56.5 Å². The highest BCUT2D eigenvalue weighted by molar-refractivity contribution is 7.11. The summed E-state index contributed by atoms with van der Waals surface area (Å²) < 4.78 is 15.9.